The average molecular weight is 426 g/mol. The van der Waals surface area contributed by atoms with E-state index in [1.54, 1.807) is 40.9 Å². The van der Waals surface area contributed by atoms with Crippen molar-refractivity contribution in [1.29, 1.82) is 0 Å². The molecule has 7 nitrogen and oxygen atoms in total. The predicted molar refractivity (Wildman–Crippen MR) is 110 cm³/mol. The van der Waals surface area contributed by atoms with Gasteiger partial charge in [0.15, 0.2) is 11.5 Å². The smallest absolute Gasteiger partial charge is 0.231 e. The number of nitrogens with one attached hydrogen (secondary N) is 1. The van der Waals surface area contributed by atoms with Crippen LogP contribution in [0.4, 0.5) is 4.39 Å². The summed E-state index contributed by atoms with van der Waals surface area (Å²) in [5.74, 6) is 0.162. The Labute approximate surface area is 176 Å². The summed E-state index contributed by atoms with van der Waals surface area (Å²) < 4.78 is 20.8. The molecule has 4 aromatic rings. The number of carbonyl (C=O) groups is 1. The van der Waals surface area contributed by atoms with Crippen LogP contribution in [0.25, 0.3) is 17.0 Å². The molecule has 9 heteroatoms. The quantitative estimate of drug-likeness (QED) is 0.459. The lowest BCUT2D eigenvalue weighted by Gasteiger charge is -2.08. The number of carbonyl (C=O) groups excluding carboxylic acids is 1. The van der Waals surface area contributed by atoms with E-state index in [0.717, 1.165) is 0 Å². The second-order valence-electron chi connectivity index (χ2n) is 6.41. The zero-order valence-corrected chi connectivity index (χ0v) is 16.5. The monoisotopic (exact) mass is 425 g/mol. The molecule has 0 unspecified atom stereocenters. The largest absolute Gasteiger partial charge is 0.475 e. The van der Waals surface area contributed by atoms with Crippen LogP contribution in [0.2, 0.25) is 5.02 Å². The molecule has 0 aliphatic carbocycles. The molecule has 2 aromatic heterocycles. The highest BCUT2D eigenvalue weighted by Gasteiger charge is 2.13. The Morgan fingerprint density at radius 3 is 2.70 bits per heavy atom. The van der Waals surface area contributed by atoms with Crippen LogP contribution in [0.3, 0.4) is 0 Å². The van der Waals surface area contributed by atoms with Gasteiger partial charge in [-0.1, -0.05) is 41.9 Å². The van der Waals surface area contributed by atoms with E-state index < -0.39 is 5.82 Å². The van der Waals surface area contributed by atoms with Gasteiger partial charge >= 0.3 is 0 Å². The van der Waals surface area contributed by atoms with Crippen LogP contribution < -0.4 is 10.1 Å². The summed E-state index contributed by atoms with van der Waals surface area (Å²) in [6.07, 6.45) is -0.0290. The van der Waals surface area contributed by atoms with Crippen LogP contribution in [-0.4, -0.2) is 38.9 Å². The average Bonchev–Trinajstić information content (AvgIpc) is 3.16. The van der Waals surface area contributed by atoms with Gasteiger partial charge in [0.25, 0.3) is 0 Å². The van der Waals surface area contributed by atoms with Gasteiger partial charge in [0.2, 0.25) is 11.8 Å². The zero-order valence-electron chi connectivity index (χ0n) is 15.8. The first-order valence-corrected chi connectivity index (χ1v) is 9.60. The van der Waals surface area contributed by atoms with Crippen molar-refractivity contribution in [3.05, 3.63) is 77.1 Å². The van der Waals surface area contributed by atoms with Crippen molar-refractivity contribution in [1.82, 2.24) is 25.1 Å². The lowest BCUT2D eigenvalue weighted by molar-refractivity contribution is -0.120. The Kier molecular flexibility index (Phi) is 5.85. The molecule has 152 valence electrons. The number of benzene rings is 2. The summed E-state index contributed by atoms with van der Waals surface area (Å²) in [6.45, 7) is 0.456. The summed E-state index contributed by atoms with van der Waals surface area (Å²) in [6, 6.07) is 16.9. The van der Waals surface area contributed by atoms with Crippen molar-refractivity contribution in [2.24, 2.45) is 0 Å². The Bertz CT molecular complexity index is 1200. The van der Waals surface area contributed by atoms with Gasteiger partial charge in [-0.3, -0.25) is 4.79 Å². The molecule has 0 atom stereocenters. The minimum Gasteiger partial charge on any atom is -0.475 e. The third-order valence-corrected chi connectivity index (χ3v) is 4.67. The maximum atomic E-state index is 13.6. The fourth-order valence-corrected chi connectivity index (χ4v) is 3.10. The number of nitrogens with zero attached hydrogens (tertiary/aromatic N) is 4. The first-order chi connectivity index (χ1) is 14.6. The molecule has 30 heavy (non-hydrogen) atoms. The summed E-state index contributed by atoms with van der Waals surface area (Å²) in [5, 5.41) is 15.9. The molecule has 0 aliphatic heterocycles. The Hall–Kier alpha value is -3.52. The fraction of sp³-hybridized carbons (Fsp3) is 0.143. The Morgan fingerprint density at radius 2 is 1.87 bits per heavy atom. The van der Waals surface area contributed by atoms with Crippen molar-refractivity contribution in [2.75, 3.05) is 13.2 Å². The first-order valence-electron chi connectivity index (χ1n) is 9.22. The van der Waals surface area contributed by atoms with Crippen LogP contribution >= 0.6 is 11.6 Å². The van der Waals surface area contributed by atoms with Crippen LogP contribution in [0.1, 0.15) is 5.56 Å². The van der Waals surface area contributed by atoms with Crippen molar-refractivity contribution in [3.63, 3.8) is 0 Å². The highest BCUT2D eigenvalue weighted by Crippen LogP contribution is 2.26. The maximum absolute atomic E-state index is 13.6. The summed E-state index contributed by atoms with van der Waals surface area (Å²) in [7, 11) is 0. The van der Waals surface area contributed by atoms with Gasteiger partial charge in [-0.05, 0) is 29.8 Å². The van der Waals surface area contributed by atoms with Gasteiger partial charge in [0.05, 0.1) is 18.0 Å². The van der Waals surface area contributed by atoms with Gasteiger partial charge in [-0.25, -0.2) is 4.39 Å². The first kappa shape index (κ1) is 19.8. The zero-order chi connectivity index (χ0) is 20.9. The fourth-order valence-electron chi connectivity index (χ4n) is 2.88. The molecule has 4 rings (SSSR count). The van der Waals surface area contributed by atoms with Crippen molar-refractivity contribution >= 4 is 23.2 Å². The molecule has 1 N–H and O–H groups in total. The summed E-state index contributed by atoms with van der Waals surface area (Å²) in [4.78, 5) is 12.0. The topological polar surface area (TPSA) is 81.4 Å². The Balaban J connectivity index is 1.37. The second-order valence-corrected chi connectivity index (χ2v) is 6.82. The molecule has 2 aromatic carbocycles. The number of amides is 1. The minimum absolute atomic E-state index is 0.0290. The van der Waals surface area contributed by atoms with Crippen LogP contribution in [0.5, 0.6) is 5.88 Å². The van der Waals surface area contributed by atoms with E-state index in [-0.39, 0.29) is 25.5 Å². The Morgan fingerprint density at radius 1 is 1.07 bits per heavy atom. The molecule has 0 radical (unpaired) electrons. The molecular formula is C21H17ClFN5O2. The number of hydrogen-bond donors (Lipinski definition) is 1. The second kappa shape index (κ2) is 8.87. The number of fused-ring (bicyclic) bond motifs is 1. The third-order valence-electron chi connectivity index (χ3n) is 4.34. The molecule has 1 amide bonds. The van der Waals surface area contributed by atoms with Gasteiger partial charge in [-0.2, -0.15) is 4.52 Å². The highest BCUT2D eigenvalue weighted by atomic mass is 35.5. The molecular weight excluding hydrogens is 409 g/mol. The predicted octanol–water partition coefficient (Wildman–Crippen LogP) is 3.32. The standard InChI is InChI=1S/C21H17ClFN5O2/c22-16-7-3-2-6-15(16)21-26-25-18-9-10-20(27-28(18)21)30-12-11-24-19(29)13-14-5-1-4-8-17(14)23/h1-10H,11-13H2,(H,24,29). The van der Waals surface area contributed by atoms with E-state index >= 15 is 0 Å². The molecule has 0 bridgehead atoms. The van der Waals surface area contributed by atoms with Crippen LogP contribution in [0, 0.1) is 5.82 Å². The normalized spacial score (nSPS) is 10.9. The van der Waals surface area contributed by atoms with Crippen LogP contribution in [-0.2, 0) is 11.2 Å². The van der Waals surface area contributed by atoms with Crippen molar-refractivity contribution in [3.8, 4) is 17.3 Å². The molecule has 0 spiro atoms. The van der Waals surface area contributed by atoms with Gasteiger partial charge in [-0.15, -0.1) is 15.3 Å². The minimum atomic E-state index is -0.398. The lowest BCUT2D eigenvalue weighted by Crippen LogP contribution is -2.29. The number of aromatic nitrogens is 4. The van der Waals surface area contributed by atoms with Gasteiger partial charge in [0, 0.05) is 11.6 Å². The number of rotatable bonds is 7. The molecule has 2 heterocycles. The van der Waals surface area contributed by atoms with E-state index in [2.05, 4.69) is 20.6 Å². The van der Waals surface area contributed by atoms with E-state index in [1.165, 1.54) is 6.07 Å². The van der Waals surface area contributed by atoms with E-state index in [1.807, 2.05) is 18.2 Å². The van der Waals surface area contributed by atoms with Crippen LogP contribution in [0.15, 0.2) is 60.7 Å². The number of ether oxygens (including phenoxy) is 1. The maximum Gasteiger partial charge on any atom is 0.231 e. The summed E-state index contributed by atoms with van der Waals surface area (Å²) >= 11 is 6.25. The van der Waals surface area contributed by atoms with E-state index in [0.29, 0.717) is 33.5 Å². The van der Waals surface area contributed by atoms with Crippen molar-refractivity contribution in [2.45, 2.75) is 6.42 Å². The molecule has 0 aliphatic rings. The number of halogens is 2. The van der Waals surface area contributed by atoms with E-state index in [4.69, 9.17) is 16.3 Å². The van der Waals surface area contributed by atoms with Gasteiger partial charge < -0.3 is 10.1 Å². The van der Waals surface area contributed by atoms with Crippen molar-refractivity contribution < 1.29 is 13.9 Å². The SMILES string of the molecule is O=C(Cc1ccccc1F)NCCOc1ccc2nnc(-c3ccccc3Cl)n2n1. The third kappa shape index (κ3) is 4.38. The molecule has 0 saturated heterocycles. The number of hydrogen-bond acceptors (Lipinski definition) is 5. The summed E-state index contributed by atoms with van der Waals surface area (Å²) in [5.41, 5.74) is 1.61. The van der Waals surface area contributed by atoms with E-state index in [9.17, 15) is 9.18 Å². The molecule has 0 fully saturated rings. The lowest BCUT2D eigenvalue weighted by atomic mass is 10.1. The molecule has 0 saturated carbocycles. The van der Waals surface area contributed by atoms with Gasteiger partial charge in [0.1, 0.15) is 12.4 Å². The highest BCUT2D eigenvalue weighted by molar-refractivity contribution is 6.33.